The summed E-state index contributed by atoms with van der Waals surface area (Å²) in [6.07, 6.45) is 2.14. The largest absolute Gasteiger partial charge is 0.382 e. The van der Waals surface area contributed by atoms with Crippen LogP contribution in [-0.4, -0.2) is 17.6 Å². The monoisotopic (exact) mass is 243 g/mol. The van der Waals surface area contributed by atoms with Crippen molar-refractivity contribution in [2.75, 3.05) is 11.9 Å². The van der Waals surface area contributed by atoms with Gasteiger partial charge in [-0.3, -0.25) is 4.98 Å². The number of hydrogen-bond donors (Lipinski definition) is 2. The lowest BCUT2D eigenvalue weighted by atomic mass is 10.1. The second-order valence-electron chi connectivity index (χ2n) is 4.80. The molecule has 96 valence electrons. The van der Waals surface area contributed by atoms with E-state index in [-0.39, 0.29) is 0 Å². The third-order valence-electron chi connectivity index (χ3n) is 3.09. The van der Waals surface area contributed by atoms with Gasteiger partial charge in [-0.25, -0.2) is 0 Å². The molecule has 1 unspecified atom stereocenters. The Morgan fingerprint density at radius 1 is 1.33 bits per heavy atom. The van der Waals surface area contributed by atoms with E-state index in [1.165, 1.54) is 11.1 Å². The quantitative estimate of drug-likeness (QED) is 0.848. The van der Waals surface area contributed by atoms with Crippen LogP contribution >= 0.6 is 0 Å². The molecule has 0 aliphatic heterocycles. The van der Waals surface area contributed by atoms with Crippen LogP contribution in [0.2, 0.25) is 0 Å². The summed E-state index contributed by atoms with van der Waals surface area (Å²) in [6, 6.07) is 10.8. The topological polar surface area (TPSA) is 50.9 Å². The van der Waals surface area contributed by atoms with Crippen LogP contribution in [0.5, 0.6) is 0 Å². The molecule has 3 heteroatoms. The van der Waals surface area contributed by atoms with Gasteiger partial charge in [0, 0.05) is 22.8 Å². The summed E-state index contributed by atoms with van der Waals surface area (Å²) >= 11 is 0. The first-order valence-corrected chi connectivity index (χ1v) is 6.53. The lowest BCUT2D eigenvalue weighted by molar-refractivity contribution is 0.663. The molecule has 0 spiro atoms. The van der Waals surface area contributed by atoms with E-state index >= 15 is 0 Å². The molecule has 0 saturated heterocycles. The molecule has 0 saturated carbocycles. The van der Waals surface area contributed by atoms with Gasteiger partial charge in [-0.05, 0) is 45.4 Å². The van der Waals surface area contributed by atoms with Crippen LogP contribution in [0.4, 0.5) is 5.69 Å². The number of nitrogens with two attached hydrogens (primary N) is 1. The highest BCUT2D eigenvalue weighted by Crippen LogP contribution is 2.24. The van der Waals surface area contributed by atoms with Crippen molar-refractivity contribution in [2.45, 2.75) is 32.7 Å². The van der Waals surface area contributed by atoms with Crippen molar-refractivity contribution in [1.82, 2.24) is 4.98 Å². The number of rotatable bonds is 5. The molecule has 0 amide bonds. The first kappa shape index (κ1) is 12.8. The standard InChI is InChI=1S/C15H21N3/c1-11(6-5-9-16)17-15-10-12(2)18-14-8-4-3-7-13(14)15/h3-4,7-8,10-11H,5-6,9,16H2,1-2H3,(H,17,18). The summed E-state index contributed by atoms with van der Waals surface area (Å²) < 4.78 is 0. The Morgan fingerprint density at radius 2 is 2.11 bits per heavy atom. The minimum absolute atomic E-state index is 0.429. The zero-order valence-corrected chi connectivity index (χ0v) is 11.1. The SMILES string of the molecule is Cc1cc(NC(C)CCCN)c2ccccc2n1. The van der Waals surface area contributed by atoms with E-state index in [1.807, 2.05) is 13.0 Å². The average molecular weight is 243 g/mol. The van der Waals surface area contributed by atoms with E-state index in [1.54, 1.807) is 0 Å². The normalized spacial score (nSPS) is 12.6. The Morgan fingerprint density at radius 3 is 2.89 bits per heavy atom. The van der Waals surface area contributed by atoms with Crippen molar-refractivity contribution in [1.29, 1.82) is 0 Å². The van der Waals surface area contributed by atoms with Crippen LogP contribution in [-0.2, 0) is 0 Å². The van der Waals surface area contributed by atoms with E-state index in [0.717, 1.165) is 30.6 Å². The lowest BCUT2D eigenvalue weighted by Gasteiger charge is -2.17. The summed E-state index contributed by atoms with van der Waals surface area (Å²) in [7, 11) is 0. The maximum absolute atomic E-state index is 5.55. The molecule has 3 nitrogen and oxygen atoms in total. The van der Waals surface area contributed by atoms with E-state index in [4.69, 9.17) is 5.73 Å². The fourth-order valence-electron chi connectivity index (χ4n) is 2.19. The van der Waals surface area contributed by atoms with Crippen LogP contribution in [0.25, 0.3) is 10.9 Å². The minimum Gasteiger partial charge on any atom is -0.382 e. The number of anilines is 1. The summed E-state index contributed by atoms with van der Waals surface area (Å²) in [4.78, 5) is 4.55. The summed E-state index contributed by atoms with van der Waals surface area (Å²) in [5.74, 6) is 0. The highest BCUT2D eigenvalue weighted by atomic mass is 14.9. The predicted molar refractivity (Wildman–Crippen MR) is 77.9 cm³/mol. The molecule has 1 aromatic carbocycles. The van der Waals surface area contributed by atoms with Gasteiger partial charge in [-0.2, -0.15) is 0 Å². The molecule has 2 rings (SSSR count). The first-order chi connectivity index (χ1) is 8.70. The minimum atomic E-state index is 0.429. The van der Waals surface area contributed by atoms with Gasteiger partial charge in [0.2, 0.25) is 0 Å². The summed E-state index contributed by atoms with van der Waals surface area (Å²) in [6.45, 7) is 4.98. The zero-order chi connectivity index (χ0) is 13.0. The molecule has 3 N–H and O–H groups in total. The Hall–Kier alpha value is -1.61. The molecule has 0 aliphatic carbocycles. The molecule has 0 bridgehead atoms. The number of nitrogens with zero attached hydrogens (tertiary/aromatic N) is 1. The number of fused-ring (bicyclic) bond motifs is 1. The van der Waals surface area contributed by atoms with Gasteiger partial charge in [0.05, 0.1) is 5.52 Å². The molecule has 1 aromatic heterocycles. The van der Waals surface area contributed by atoms with E-state index in [2.05, 4.69) is 41.5 Å². The molecular weight excluding hydrogens is 222 g/mol. The van der Waals surface area contributed by atoms with Crippen molar-refractivity contribution >= 4 is 16.6 Å². The third kappa shape index (κ3) is 2.99. The van der Waals surface area contributed by atoms with Crippen molar-refractivity contribution in [3.8, 4) is 0 Å². The number of benzene rings is 1. The van der Waals surface area contributed by atoms with Crippen molar-refractivity contribution in [3.05, 3.63) is 36.0 Å². The molecule has 1 atom stereocenters. The first-order valence-electron chi connectivity index (χ1n) is 6.53. The molecule has 1 heterocycles. The van der Waals surface area contributed by atoms with Crippen molar-refractivity contribution < 1.29 is 0 Å². The maximum Gasteiger partial charge on any atom is 0.0725 e. The van der Waals surface area contributed by atoms with Crippen LogP contribution < -0.4 is 11.1 Å². The smallest absolute Gasteiger partial charge is 0.0725 e. The van der Waals surface area contributed by atoms with E-state index < -0.39 is 0 Å². The lowest BCUT2D eigenvalue weighted by Crippen LogP contribution is -2.17. The molecule has 2 aromatic rings. The van der Waals surface area contributed by atoms with Gasteiger partial charge in [0.25, 0.3) is 0 Å². The number of pyridine rings is 1. The molecule has 18 heavy (non-hydrogen) atoms. The van der Waals surface area contributed by atoms with Gasteiger partial charge >= 0.3 is 0 Å². The van der Waals surface area contributed by atoms with Gasteiger partial charge < -0.3 is 11.1 Å². The average Bonchev–Trinajstić information content (AvgIpc) is 2.36. The number of hydrogen-bond acceptors (Lipinski definition) is 3. The number of para-hydroxylation sites is 1. The number of aromatic nitrogens is 1. The van der Waals surface area contributed by atoms with Crippen LogP contribution in [0.1, 0.15) is 25.5 Å². The Balaban J connectivity index is 2.26. The Kier molecular flexibility index (Phi) is 4.15. The summed E-state index contributed by atoms with van der Waals surface area (Å²) in [5, 5.41) is 4.75. The van der Waals surface area contributed by atoms with Gasteiger partial charge in [-0.1, -0.05) is 18.2 Å². The maximum atomic E-state index is 5.55. The highest BCUT2D eigenvalue weighted by Gasteiger charge is 2.06. The predicted octanol–water partition coefficient (Wildman–Crippen LogP) is 3.08. The fourth-order valence-corrected chi connectivity index (χ4v) is 2.19. The Bertz CT molecular complexity index is 522. The van der Waals surface area contributed by atoms with E-state index in [0.29, 0.717) is 6.04 Å². The number of aryl methyl sites for hydroxylation is 1. The van der Waals surface area contributed by atoms with Crippen LogP contribution in [0, 0.1) is 6.92 Å². The molecule has 0 radical (unpaired) electrons. The van der Waals surface area contributed by atoms with E-state index in [9.17, 15) is 0 Å². The van der Waals surface area contributed by atoms with Gasteiger partial charge in [0.15, 0.2) is 0 Å². The van der Waals surface area contributed by atoms with Crippen LogP contribution in [0.3, 0.4) is 0 Å². The van der Waals surface area contributed by atoms with Crippen molar-refractivity contribution in [2.24, 2.45) is 5.73 Å². The molecule has 0 aliphatic rings. The fraction of sp³-hybridized carbons (Fsp3) is 0.400. The Labute approximate surface area is 108 Å². The molecular formula is C15H21N3. The second kappa shape index (κ2) is 5.83. The number of nitrogens with one attached hydrogen (secondary N) is 1. The zero-order valence-electron chi connectivity index (χ0n) is 11.1. The molecule has 0 fully saturated rings. The van der Waals surface area contributed by atoms with Crippen LogP contribution in [0.15, 0.2) is 30.3 Å². The summed E-state index contributed by atoms with van der Waals surface area (Å²) in [5.41, 5.74) is 8.81. The third-order valence-corrected chi connectivity index (χ3v) is 3.09. The highest BCUT2D eigenvalue weighted by molar-refractivity contribution is 5.91. The van der Waals surface area contributed by atoms with Gasteiger partial charge in [0.1, 0.15) is 0 Å². The van der Waals surface area contributed by atoms with Crippen molar-refractivity contribution in [3.63, 3.8) is 0 Å². The second-order valence-corrected chi connectivity index (χ2v) is 4.80. The van der Waals surface area contributed by atoms with Gasteiger partial charge in [-0.15, -0.1) is 0 Å².